The van der Waals surface area contributed by atoms with E-state index >= 15 is 0 Å². The average Bonchev–Trinajstić information content (AvgIpc) is 3.04. The van der Waals surface area contributed by atoms with Gasteiger partial charge in [0.15, 0.2) is 5.78 Å². The molecule has 0 radical (unpaired) electrons. The van der Waals surface area contributed by atoms with E-state index in [1.807, 2.05) is 6.92 Å². The van der Waals surface area contributed by atoms with Gasteiger partial charge in [-0.05, 0) is 43.9 Å². The summed E-state index contributed by atoms with van der Waals surface area (Å²) >= 11 is 0. The van der Waals surface area contributed by atoms with Gasteiger partial charge in [0.05, 0.1) is 7.11 Å². The number of Topliss-reactive ketones (excluding diaryl/α,β-unsaturated/α-hetero) is 2. The van der Waals surface area contributed by atoms with E-state index in [0.29, 0.717) is 23.7 Å². The number of ether oxygens (including phenoxy) is 2. The Labute approximate surface area is 186 Å². The van der Waals surface area contributed by atoms with Crippen LogP contribution < -0.4 is 0 Å². The standard InChI is InChI=1S/C26H38O5/c1-14-9-10-17-23(4,5)18(27)11-12-25(17,7)26(14)13-24(6)16(3)19(22(29)30-8)20(28)15(2)21(24)31-26/h14,16-17,19H,9-13H2,1-8H3/t14-,16-,17-,19-,24+,25-,26-/m0/s1. The molecule has 7 atom stereocenters. The molecule has 1 saturated heterocycles. The second-order valence-corrected chi connectivity index (χ2v) is 11.8. The molecule has 3 aliphatic carbocycles. The molecule has 0 aromatic carbocycles. The molecule has 1 spiro atoms. The number of esters is 1. The van der Waals surface area contributed by atoms with Crippen LogP contribution in [-0.2, 0) is 23.9 Å². The topological polar surface area (TPSA) is 69.7 Å². The Morgan fingerprint density at radius 2 is 1.74 bits per heavy atom. The summed E-state index contributed by atoms with van der Waals surface area (Å²) in [6.07, 6.45) is 4.19. The fourth-order valence-electron chi connectivity index (χ4n) is 8.06. The summed E-state index contributed by atoms with van der Waals surface area (Å²) < 4.78 is 12.0. The molecule has 31 heavy (non-hydrogen) atoms. The molecule has 3 fully saturated rings. The second kappa shape index (κ2) is 6.68. The molecule has 172 valence electrons. The highest BCUT2D eigenvalue weighted by molar-refractivity contribution is 6.09. The van der Waals surface area contributed by atoms with Crippen molar-refractivity contribution in [2.75, 3.05) is 7.11 Å². The molecule has 1 aliphatic heterocycles. The maximum absolute atomic E-state index is 13.2. The van der Waals surface area contributed by atoms with Crippen LogP contribution in [0.4, 0.5) is 0 Å². The van der Waals surface area contributed by atoms with E-state index in [2.05, 4.69) is 34.6 Å². The number of carbonyl (C=O) groups excluding carboxylic acids is 3. The first-order valence-electron chi connectivity index (χ1n) is 11.8. The van der Waals surface area contributed by atoms with Crippen LogP contribution >= 0.6 is 0 Å². The minimum Gasteiger partial charge on any atom is -0.490 e. The molecule has 1 heterocycles. The van der Waals surface area contributed by atoms with E-state index in [1.54, 1.807) is 6.92 Å². The minimum atomic E-state index is -0.788. The number of hydrogen-bond donors (Lipinski definition) is 0. The molecule has 0 bridgehead atoms. The molecule has 5 nitrogen and oxygen atoms in total. The third kappa shape index (κ3) is 2.58. The summed E-state index contributed by atoms with van der Waals surface area (Å²) in [7, 11) is 1.35. The summed E-state index contributed by atoms with van der Waals surface area (Å²) in [5.41, 5.74) is -0.839. The maximum atomic E-state index is 13.2. The van der Waals surface area contributed by atoms with E-state index in [1.165, 1.54) is 7.11 Å². The highest BCUT2D eigenvalue weighted by Gasteiger charge is 2.71. The molecule has 0 aromatic heterocycles. The van der Waals surface area contributed by atoms with Gasteiger partial charge in [0.1, 0.15) is 23.1 Å². The third-order valence-electron chi connectivity index (χ3n) is 10.3. The Bertz CT molecular complexity index is 884. The highest BCUT2D eigenvalue weighted by atomic mass is 16.5. The van der Waals surface area contributed by atoms with Gasteiger partial charge in [-0.2, -0.15) is 0 Å². The lowest BCUT2D eigenvalue weighted by Gasteiger charge is -2.62. The summed E-state index contributed by atoms with van der Waals surface area (Å²) in [4.78, 5) is 38.6. The first-order valence-corrected chi connectivity index (χ1v) is 11.8. The van der Waals surface area contributed by atoms with Crippen molar-refractivity contribution in [1.82, 2.24) is 0 Å². The van der Waals surface area contributed by atoms with Gasteiger partial charge in [-0.3, -0.25) is 14.4 Å². The molecule has 2 saturated carbocycles. The Morgan fingerprint density at radius 3 is 2.35 bits per heavy atom. The van der Waals surface area contributed by atoms with Crippen LogP contribution in [0.3, 0.4) is 0 Å². The highest BCUT2D eigenvalue weighted by Crippen LogP contribution is 2.71. The number of fused-ring (bicyclic) bond motifs is 3. The fraction of sp³-hybridized carbons (Fsp3) is 0.808. The first-order chi connectivity index (χ1) is 14.3. The van der Waals surface area contributed by atoms with Crippen molar-refractivity contribution >= 4 is 17.5 Å². The zero-order valence-corrected chi connectivity index (χ0v) is 20.4. The SMILES string of the molecule is COC(=O)[C@@H]1C(=O)C(C)=C2O[C@@]3(C[C@]2(C)[C@H]1C)[C@@H](C)CC[C@H]1C(C)(C)C(=O)CC[C@@]13C. The van der Waals surface area contributed by atoms with Gasteiger partial charge in [-0.25, -0.2) is 0 Å². The van der Waals surface area contributed by atoms with Gasteiger partial charge in [0.25, 0.3) is 0 Å². The van der Waals surface area contributed by atoms with Crippen molar-refractivity contribution in [3.63, 3.8) is 0 Å². The Kier molecular flexibility index (Phi) is 4.86. The van der Waals surface area contributed by atoms with E-state index in [-0.39, 0.29) is 28.4 Å². The minimum absolute atomic E-state index is 0.167. The molecule has 0 N–H and O–H groups in total. The largest absolute Gasteiger partial charge is 0.490 e. The van der Waals surface area contributed by atoms with Crippen molar-refractivity contribution in [1.29, 1.82) is 0 Å². The third-order valence-corrected chi connectivity index (χ3v) is 10.3. The van der Waals surface area contributed by atoms with Crippen molar-refractivity contribution in [2.24, 2.45) is 39.9 Å². The van der Waals surface area contributed by atoms with Crippen molar-refractivity contribution < 1.29 is 23.9 Å². The number of methoxy groups -OCH3 is 1. The molecule has 5 heteroatoms. The van der Waals surface area contributed by atoms with Crippen molar-refractivity contribution in [2.45, 2.75) is 86.2 Å². The summed E-state index contributed by atoms with van der Waals surface area (Å²) in [6, 6.07) is 0. The van der Waals surface area contributed by atoms with Crippen LogP contribution in [0.2, 0.25) is 0 Å². The lowest BCUT2D eigenvalue weighted by molar-refractivity contribution is -0.203. The number of allylic oxidation sites excluding steroid dienone is 2. The Hall–Kier alpha value is -1.65. The smallest absolute Gasteiger partial charge is 0.316 e. The van der Waals surface area contributed by atoms with Gasteiger partial charge in [-0.1, -0.05) is 41.5 Å². The van der Waals surface area contributed by atoms with Gasteiger partial charge in [-0.15, -0.1) is 0 Å². The predicted octanol–water partition coefficient (Wildman–Crippen LogP) is 4.88. The monoisotopic (exact) mass is 430 g/mol. The van der Waals surface area contributed by atoms with Crippen LogP contribution in [0, 0.1) is 39.9 Å². The first kappa shape index (κ1) is 22.5. The molecule has 4 rings (SSSR count). The van der Waals surface area contributed by atoms with Crippen LogP contribution in [0.1, 0.15) is 80.6 Å². The fourth-order valence-corrected chi connectivity index (χ4v) is 8.06. The van der Waals surface area contributed by atoms with Crippen LogP contribution in [0.25, 0.3) is 0 Å². The normalized spacial score (nSPS) is 46.5. The van der Waals surface area contributed by atoms with Crippen LogP contribution in [-0.4, -0.2) is 30.2 Å². The van der Waals surface area contributed by atoms with Crippen LogP contribution in [0.5, 0.6) is 0 Å². The molecule has 0 amide bonds. The summed E-state index contributed by atoms with van der Waals surface area (Å²) in [6.45, 7) is 14.8. The van der Waals surface area contributed by atoms with Gasteiger partial charge in [0, 0.05) is 34.7 Å². The Morgan fingerprint density at radius 1 is 1.10 bits per heavy atom. The van der Waals surface area contributed by atoms with E-state index in [9.17, 15) is 14.4 Å². The van der Waals surface area contributed by atoms with Crippen LogP contribution in [0.15, 0.2) is 11.3 Å². The van der Waals surface area contributed by atoms with Crippen molar-refractivity contribution in [3.8, 4) is 0 Å². The molecule has 0 aromatic rings. The van der Waals surface area contributed by atoms with Gasteiger partial charge < -0.3 is 9.47 Å². The second-order valence-electron chi connectivity index (χ2n) is 11.8. The zero-order valence-electron chi connectivity index (χ0n) is 20.4. The molecular weight excluding hydrogens is 392 g/mol. The lowest BCUT2D eigenvalue weighted by atomic mass is 9.43. The Balaban J connectivity index is 1.86. The predicted molar refractivity (Wildman–Crippen MR) is 117 cm³/mol. The van der Waals surface area contributed by atoms with Gasteiger partial charge in [0.2, 0.25) is 0 Å². The van der Waals surface area contributed by atoms with Gasteiger partial charge >= 0.3 is 5.97 Å². The number of hydrogen-bond acceptors (Lipinski definition) is 5. The number of carbonyl (C=O) groups is 3. The quantitative estimate of drug-likeness (QED) is 0.438. The molecule has 0 unspecified atom stereocenters. The summed E-state index contributed by atoms with van der Waals surface area (Å²) in [5, 5.41) is 0. The maximum Gasteiger partial charge on any atom is 0.316 e. The van der Waals surface area contributed by atoms with E-state index in [0.717, 1.165) is 31.4 Å². The zero-order chi connectivity index (χ0) is 23.1. The van der Waals surface area contributed by atoms with E-state index in [4.69, 9.17) is 9.47 Å². The molecule has 4 aliphatic rings. The molecular formula is C26H38O5. The lowest BCUT2D eigenvalue weighted by Crippen LogP contribution is -2.64. The number of ketones is 2. The summed E-state index contributed by atoms with van der Waals surface area (Å²) in [5.74, 6) is 0.0456. The van der Waals surface area contributed by atoms with Crippen molar-refractivity contribution in [3.05, 3.63) is 11.3 Å². The van der Waals surface area contributed by atoms with E-state index < -0.39 is 22.9 Å². The number of rotatable bonds is 1. The average molecular weight is 431 g/mol.